The molecule has 1 aromatic carbocycles. The van der Waals surface area contributed by atoms with Crippen molar-refractivity contribution in [3.63, 3.8) is 0 Å². The number of pyridine rings is 1. The zero-order valence-corrected chi connectivity index (χ0v) is 17.5. The van der Waals surface area contributed by atoms with Gasteiger partial charge in [0.2, 0.25) is 15.7 Å². The van der Waals surface area contributed by atoms with Crippen LogP contribution in [0.5, 0.6) is 0 Å². The second-order valence-corrected chi connectivity index (χ2v) is 9.24. The number of hydrogen-bond donors (Lipinski definition) is 2. The first-order valence-corrected chi connectivity index (χ1v) is 11.5. The zero-order chi connectivity index (χ0) is 21.5. The first-order chi connectivity index (χ1) is 14.3. The number of carbonyl (C=O) groups is 1. The highest BCUT2D eigenvalue weighted by molar-refractivity contribution is 7.92. The number of hydrogen-bond acceptors (Lipinski definition) is 5. The van der Waals surface area contributed by atoms with E-state index in [1.807, 2.05) is 6.92 Å². The topological polar surface area (TPSA) is 101 Å². The third-order valence-electron chi connectivity index (χ3n) is 5.03. The lowest BCUT2D eigenvalue weighted by molar-refractivity contribution is 0.0957. The minimum Gasteiger partial charge on any atom is -0.437 e. The number of halogens is 1. The standard InChI is InChI=1S/C21H22FN3O4S/c1-3-23-20(26)17-16-11-15(12-5-6-12)19(25-30(27,28)4-2)24-21(16)29-18(17)13-7-9-14(22)10-8-13/h7-12H,3-6H2,1-2H3,(H,23,26)(H,24,25). The number of nitrogens with one attached hydrogen (secondary N) is 2. The van der Waals surface area contributed by atoms with E-state index >= 15 is 0 Å². The third kappa shape index (κ3) is 3.89. The van der Waals surface area contributed by atoms with Crippen LogP contribution in [0.3, 0.4) is 0 Å². The van der Waals surface area contributed by atoms with Gasteiger partial charge in [-0.25, -0.2) is 12.8 Å². The van der Waals surface area contributed by atoms with Gasteiger partial charge in [0.25, 0.3) is 5.91 Å². The molecular formula is C21H22FN3O4S. The molecule has 158 valence electrons. The SMILES string of the molecule is CCNC(=O)c1c(-c2ccc(F)cc2)oc2nc(NS(=O)(=O)CC)c(C3CC3)cc12. The fourth-order valence-corrected chi connectivity index (χ4v) is 3.93. The molecule has 7 nitrogen and oxygen atoms in total. The van der Waals surface area contributed by atoms with Crippen molar-refractivity contribution in [2.75, 3.05) is 17.0 Å². The number of benzene rings is 1. The van der Waals surface area contributed by atoms with E-state index in [1.165, 1.54) is 24.3 Å². The summed E-state index contributed by atoms with van der Waals surface area (Å²) in [4.78, 5) is 17.3. The number of anilines is 1. The molecule has 0 saturated heterocycles. The van der Waals surface area contributed by atoms with Crippen LogP contribution in [0.25, 0.3) is 22.4 Å². The first kappa shape index (κ1) is 20.3. The minimum absolute atomic E-state index is 0.0834. The zero-order valence-electron chi connectivity index (χ0n) is 16.7. The van der Waals surface area contributed by atoms with Crippen molar-refractivity contribution in [3.8, 4) is 11.3 Å². The van der Waals surface area contributed by atoms with E-state index < -0.39 is 15.8 Å². The molecule has 0 atom stereocenters. The van der Waals surface area contributed by atoms with Crippen LogP contribution in [-0.2, 0) is 10.0 Å². The van der Waals surface area contributed by atoms with Gasteiger partial charge >= 0.3 is 0 Å². The van der Waals surface area contributed by atoms with Crippen molar-refractivity contribution in [2.24, 2.45) is 0 Å². The van der Waals surface area contributed by atoms with E-state index in [2.05, 4.69) is 15.0 Å². The quantitative estimate of drug-likeness (QED) is 0.588. The smallest absolute Gasteiger partial charge is 0.255 e. The fourth-order valence-electron chi connectivity index (χ4n) is 3.32. The van der Waals surface area contributed by atoms with Gasteiger partial charge in [-0.3, -0.25) is 9.52 Å². The van der Waals surface area contributed by atoms with Crippen LogP contribution in [0.15, 0.2) is 34.7 Å². The minimum atomic E-state index is -3.53. The number of furan rings is 1. The lowest BCUT2D eigenvalue weighted by Gasteiger charge is -2.10. The monoisotopic (exact) mass is 431 g/mol. The van der Waals surface area contributed by atoms with Crippen LogP contribution >= 0.6 is 0 Å². The van der Waals surface area contributed by atoms with E-state index in [1.54, 1.807) is 13.0 Å². The van der Waals surface area contributed by atoms with Crippen LogP contribution in [-0.4, -0.2) is 31.6 Å². The maximum Gasteiger partial charge on any atom is 0.255 e. The van der Waals surface area contributed by atoms with Crippen molar-refractivity contribution >= 4 is 32.8 Å². The van der Waals surface area contributed by atoms with Crippen LogP contribution in [0.1, 0.15) is 48.5 Å². The third-order valence-corrected chi connectivity index (χ3v) is 6.30. The summed E-state index contributed by atoms with van der Waals surface area (Å²) in [5, 5.41) is 3.28. The molecule has 2 heterocycles. The van der Waals surface area contributed by atoms with Gasteiger partial charge < -0.3 is 9.73 Å². The molecule has 1 aliphatic carbocycles. The molecule has 30 heavy (non-hydrogen) atoms. The number of carbonyl (C=O) groups excluding carboxylic acids is 1. The number of rotatable bonds is 7. The lowest BCUT2D eigenvalue weighted by Crippen LogP contribution is -2.23. The van der Waals surface area contributed by atoms with E-state index in [9.17, 15) is 17.6 Å². The first-order valence-electron chi connectivity index (χ1n) is 9.85. The van der Waals surface area contributed by atoms with Crippen molar-refractivity contribution in [1.82, 2.24) is 10.3 Å². The molecule has 1 aliphatic rings. The van der Waals surface area contributed by atoms with E-state index in [-0.39, 0.29) is 34.9 Å². The molecule has 3 aromatic rings. The molecule has 0 bridgehead atoms. The normalized spacial score (nSPS) is 14.1. The van der Waals surface area contributed by atoms with E-state index in [0.29, 0.717) is 23.1 Å². The lowest BCUT2D eigenvalue weighted by atomic mass is 10.0. The van der Waals surface area contributed by atoms with Crippen LogP contribution < -0.4 is 10.0 Å². The van der Waals surface area contributed by atoms with E-state index in [0.717, 1.165) is 18.4 Å². The molecule has 0 radical (unpaired) electrons. The van der Waals surface area contributed by atoms with E-state index in [4.69, 9.17) is 4.42 Å². The Hall–Kier alpha value is -2.94. The van der Waals surface area contributed by atoms with Gasteiger partial charge in [-0.05, 0) is 68.5 Å². The molecule has 1 fully saturated rings. The second kappa shape index (κ2) is 7.71. The number of sulfonamides is 1. The molecule has 1 amide bonds. The van der Waals surface area contributed by atoms with Gasteiger partial charge in [-0.2, -0.15) is 4.98 Å². The predicted octanol–water partition coefficient (Wildman–Crippen LogP) is 4.02. The van der Waals surface area contributed by atoms with Crippen LogP contribution in [0, 0.1) is 5.82 Å². The van der Waals surface area contributed by atoms with Gasteiger partial charge in [0.05, 0.1) is 16.7 Å². The molecule has 0 aliphatic heterocycles. The van der Waals surface area contributed by atoms with Crippen molar-refractivity contribution in [1.29, 1.82) is 0 Å². The molecule has 4 rings (SSSR count). The summed E-state index contributed by atoms with van der Waals surface area (Å²) >= 11 is 0. The Balaban J connectivity index is 1.94. The average molecular weight is 431 g/mol. The maximum absolute atomic E-state index is 13.4. The largest absolute Gasteiger partial charge is 0.437 e. The summed E-state index contributed by atoms with van der Waals surface area (Å²) in [5.74, 6) is -0.141. The highest BCUT2D eigenvalue weighted by Gasteiger charge is 2.31. The fraction of sp³-hybridized carbons (Fsp3) is 0.333. The Bertz CT molecular complexity index is 1220. The number of nitrogens with zero attached hydrogens (tertiary/aromatic N) is 1. The summed E-state index contributed by atoms with van der Waals surface area (Å²) < 4.78 is 46.1. The van der Waals surface area contributed by atoms with Gasteiger partial charge in [0, 0.05) is 12.1 Å². The van der Waals surface area contributed by atoms with Crippen molar-refractivity contribution in [2.45, 2.75) is 32.6 Å². The number of fused-ring (bicyclic) bond motifs is 1. The maximum atomic E-state index is 13.4. The predicted molar refractivity (Wildman–Crippen MR) is 112 cm³/mol. The summed E-state index contributed by atoms with van der Waals surface area (Å²) in [5.41, 5.74) is 1.72. The van der Waals surface area contributed by atoms with Gasteiger partial charge in [-0.15, -0.1) is 0 Å². The van der Waals surface area contributed by atoms with Crippen LogP contribution in [0.4, 0.5) is 10.2 Å². The second-order valence-electron chi connectivity index (χ2n) is 7.23. The summed E-state index contributed by atoms with van der Waals surface area (Å²) in [7, 11) is -3.53. The summed E-state index contributed by atoms with van der Waals surface area (Å²) in [6, 6.07) is 7.41. The number of amides is 1. The Morgan fingerprint density at radius 2 is 1.93 bits per heavy atom. The Kier molecular flexibility index (Phi) is 5.23. The van der Waals surface area contributed by atoms with Gasteiger partial charge in [0.1, 0.15) is 17.4 Å². The Morgan fingerprint density at radius 3 is 2.53 bits per heavy atom. The molecular weight excluding hydrogens is 409 g/mol. The van der Waals surface area contributed by atoms with Crippen molar-refractivity contribution in [3.05, 3.63) is 47.3 Å². The molecule has 1 saturated carbocycles. The molecule has 0 unspecified atom stereocenters. The van der Waals surface area contributed by atoms with Gasteiger partial charge in [0.15, 0.2) is 0 Å². The van der Waals surface area contributed by atoms with Crippen molar-refractivity contribution < 1.29 is 22.0 Å². The molecule has 0 spiro atoms. The highest BCUT2D eigenvalue weighted by Crippen LogP contribution is 2.45. The van der Waals surface area contributed by atoms with Crippen LogP contribution in [0.2, 0.25) is 0 Å². The highest BCUT2D eigenvalue weighted by atomic mass is 32.2. The molecule has 9 heteroatoms. The molecule has 2 N–H and O–H groups in total. The Labute approximate surface area is 173 Å². The Morgan fingerprint density at radius 1 is 1.23 bits per heavy atom. The molecule has 2 aromatic heterocycles. The summed E-state index contributed by atoms with van der Waals surface area (Å²) in [6.07, 6.45) is 1.85. The van der Waals surface area contributed by atoms with Gasteiger partial charge in [-0.1, -0.05) is 0 Å². The average Bonchev–Trinajstić information content (AvgIpc) is 3.48. The summed E-state index contributed by atoms with van der Waals surface area (Å²) in [6.45, 7) is 3.78. The number of aromatic nitrogens is 1.